The van der Waals surface area contributed by atoms with Gasteiger partial charge >= 0.3 is 0 Å². The van der Waals surface area contributed by atoms with Crippen molar-refractivity contribution in [3.05, 3.63) is 29.6 Å². The van der Waals surface area contributed by atoms with Gasteiger partial charge in [0.05, 0.1) is 0 Å². The highest BCUT2D eigenvalue weighted by atomic mass is 15.2. The van der Waals surface area contributed by atoms with Gasteiger partial charge in [0.15, 0.2) is 0 Å². The second-order valence-electron chi connectivity index (χ2n) is 4.27. The molecule has 3 heteroatoms. The Hall–Kier alpha value is -0.930. The highest BCUT2D eigenvalue weighted by Gasteiger charge is 2.18. The van der Waals surface area contributed by atoms with E-state index in [9.17, 15) is 0 Å². The van der Waals surface area contributed by atoms with Crippen molar-refractivity contribution in [3.63, 3.8) is 0 Å². The van der Waals surface area contributed by atoms with Crippen LogP contribution in [0, 0.1) is 6.92 Å². The summed E-state index contributed by atoms with van der Waals surface area (Å²) in [7, 11) is 0. The van der Waals surface area contributed by atoms with E-state index in [1.807, 2.05) is 12.3 Å². The summed E-state index contributed by atoms with van der Waals surface area (Å²) in [6, 6.07) is 4.82. The van der Waals surface area contributed by atoms with E-state index in [1.54, 1.807) is 0 Å². The molecule has 0 amide bonds. The van der Waals surface area contributed by atoms with E-state index in [4.69, 9.17) is 0 Å². The molecule has 0 aromatic carbocycles. The fraction of sp³-hybridized carbons (Fsp3) is 0.583. The van der Waals surface area contributed by atoms with Crippen LogP contribution in [0.1, 0.15) is 18.2 Å². The minimum atomic E-state index is 0.623. The number of rotatable bonds is 2. The van der Waals surface area contributed by atoms with Crippen molar-refractivity contribution in [1.82, 2.24) is 15.2 Å². The molecule has 0 unspecified atom stereocenters. The van der Waals surface area contributed by atoms with E-state index >= 15 is 0 Å². The van der Waals surface area contributed by atoms with Crippen LogP contribution >= 0.6 is 0 Å². The van der Waals surface area contributed by atoms with Gasteiger partial charge in [0.2, 0.25) is 0 Å². The zero-order valence-corrected chi connectivity index (χ0v) is 9.53. The lowest BCUT2D eigenvalue weighted by atomic mass is 10.1. The largest absolute Gasteiger partial charge is 0.314 e. The van der Waals surface area contributed by atoms with Crippen molar-refractivity contribution in [3.8, 4) is 0 Å². The summed E-state index contributed by atoms with van der Waals surface area (Å²) in [5.74, 6) is 0. The number of nitrogens with one attached hydrogen (secondary N) is 1. The third kappa shape index (κ3) is 2.55. The minimum Gasteiger partial charge on any atom is -0.314 e. The van der Waals surface area contributed by atoms with E-state index in [0.29, 0.717) is 6.04 Å². The van der Waals surface area contributed by atoms with Crippen LogP contribution in [0.2, 0.25) is 0 Å². The zero-order chi connectivity index (χ0) is 10.7. The molecule has 2 heterocycles. The summed E-state index contributed by atoms with van der Waals surface area (Å²) in [6.07, 6.45) is 1.86. The van der Waals surface area contributed by atoms with E-state index in [0.717, 1.165) is 31.9 Å². The Bertz CT molecular complexity index is 324. The van der Waals surface area contributed by atoms with Gasteiger partial charge < -0.3 is 5.32 Å². The van der Waals surface area contributed by atoms with Crippen LogP contribution in [0.25, 0.3) is 0 Å². The molecule has 1 aliphatic rings. The maximum Gasteiger partial charge on any atom is 0.0417 e. The summed E-state index contributed by atoms with van der Waals surface area (Å²) in [6.45, 7) is 8.72. The first kappa shape index (κ1) is 10.6. The molecular formula is C12H19N3. The molecule has 0 bridgehead atoms. The van der Waals surface area contributed by atoms with Crippen molar-refractivity contribution in [2.45, 2.75) is 26.4 Å². The smallest absolute Gasteiger partial charge is 0.0417 e. The second kappa shape index (κ2) is 4.73. The number of hydrogen-bond acceptors (Lipinski definition) is 3. The number of piperazine rings is 1. The number of pyridine rings is 1. The number of aryl methyl sites for hydroxylation is 1. The standard InChI is InChI=1S/C12H19N3/c1-10-8-13-6-7-15(10)9-12-4-3-5-14-11(12)2/h3-5,10,13H,6-9H2,1-2H3/t10-/m1/s1. The molecule has 1 N–H and O–H groups in total. The van der Waals surface area contributed by atoms with Gasteiger partial charge in [-0.15, -0.1) is 0 Å². The summed E-state index contributed by atoms with van der Waals surface area (Å²) in [4.78, 5) is 6.84. The van der Waals surface area contributed by atoms with Gasteiger partial charge in [-0.25, -0.2) is 0 Å². The molecule has 3 nitrogen and oxygen atoms in total. The Kier molecular flexibility index (Phi) is 3.34. The first-order valence-corrected chi connectivity index (χ1v) is 5.62. The first-order valence-electron chi connectivity index (χ1n) is 5.62. The molecule has 1 aromatic heterocycles. The number of nitrogens with zero attached hydrogens (tertiary/aromatic N) is 2. The van der Waals surface area contributed by atoms with Gasteiger partial charge in [0.1, 0.15) is 0 Å². The predicted molar refractivity (Wildman–Crippen MR) is 61.7 cm³/mol. The number of aromatic nitrogens is 1. The maximum atomic E-state index is 4.33. The van der Waals surface area contributed by atoms with Gasteiger partial charge in [-0.1, -0.05) is 6.07 Å². The molecule has 1 aliphatic heterocycles. The molecular weight excluding hydrogens is 186 g/mol. The SMILES string of the molecule is Cc1ncccc1CN1CCNC[C@H]1C. The highest BCUT2D eigenvalue weighted by Crippen LogP contribution is 2.11. The summed E-state index contributed by atoms with van der Waals surface area (Å²) in [5, 5.41) is 3.41. The van der Waals surface area contributed by atoms with Crippen molar-refractivity contribution >= 4 is 0 Å². The topological polar surface area (TPSA) is 28.2 Å². The normalized spacial score (nSPS) is 22.9. The average molecular weight is 205 g/mol. The average Bonchev–Trinajstić information content (AvgIpc) is 2.24. The lowest BCUT2D eigenvalue weighted by Gasteiger charge is -2.34. The first-order chi connectivity index (χ1) is 7.27. The fourth-order valence-corrected chi connectivity index (χ4v) is 2.02. The summed E-state index contributed by atoms with van der Waals surface area (Å²) >= 11 is 0. The second-order valence-corrected chi connectivity index (χ2v) is 4.27. The Morgan fingerprint density at radius 2 is 2.47 bits per heavy atom. The molecule has 15 heavy (non-hydrogen) atoms. The zero-order valence-electron chi connectivity index (χ0n) is 9.53. The summed E-state index contributed by atoms with van der Waals surface area (Å²) < 4.78 is 0. The van der Waals surface area contributed by atoms with Crippen LogP contribution in [-0.2, 0) is 6.54 Å². The Morgan fingerprint density at radius 3 is 3.20 bits per heavy atom. The van der Waals surface area contributed by atoms with Crippen LogP contribution in [0.3, 0.4) is 0 Å². The maximum absolute atomic E-state index is 4.33. The molecule has 0 aliphatic carbocycles. The van der Waals surface area contributed by atoms with E-state index in [1.165, 1.54) is 5.56 Å². The molecule has 1 fully saturated rings. The third-order valence-electron chi connectivity index (χ3n) is 3.13. The Balaban J connectivity index is 2.04. The fourth-order valence-electron chi connectivity index (χ4n) is 2.02. The van der Waals surface area contributed by atoms with Crippen molar-refractivity contribution < 1.29 is 0 Å². The predicted octanol–water partition coefficient (Wildman–Crippen LogP) is 1.18. The van der Waals surface area contributed by atoms with E-state index in [-0.39, 0.29) is 0 Å². The minimum absolute atomic E-state index is 0.623. The molecule has 0 spiro atoms. The van der Waals surface area contributed by atoms with Crippen molar-refractivity contribution in [1.29, 1.82) is 0 Å². The van der Waals surface area contributed by atoms with E-state index in [2.05, 4.69) is 35.1 Å². The Morgan fingerprint density at radius 1 is 1.60 bits per heavy atom. The van der Waals surface area contributed by atoms with Gasteiger partial charge in [-0.2, -0.15) is 0 Å². The van der Waals surface area contributed by atoms with Gasteiger partial charge in [-0.05, 0) is 25.5 Å². The Labute approximate surface area is 91.5 Å². The molecule has 2 rings (SSSR count). The molecule has 82 valence electrons. The van der Waals surface area contributed by atoms with E-state index < -0.39 is 0 Å². The van der Waals surface area contributed by atoms with Crippen LogP contribution in [0.15, 0.2) is 18.3 Å². The quantitative estimate of drug-likeness (QED) is 0.786. The summed E-state index contributed by atoms with van der Waals surface area (Å²) in [5.41, 5.74) is 2.51. The van der Waals surface area contributed by atoms with Crippen LogP contribution < -0.4 is 5.32 Å². The molecule has 1 saturated heterocycles. The molecule has 1 aromatic rings. The monoisotopic (exact) mass is 205 g/mol. The number of hydrogen-bond donors (Lipinski definition) is 1. The van der Waals surface area contributed by atoms with Crippen LogP contribution in [0.4, 0.5) is 0 Å². The molecule has 0 radical (unpaired) electrons. The third-order valence-corrected chi connectivity index (χ3v) is 3.13. The lowest BCUT2D eigenvalue weighted by molar-refractivity contribution is 0.165. The highest BCUT2D eigenvalue weighted by molar-refractivity contribution is 5.18. The lowest BCUT2D eigenvalue weighted by Crippen LogP contribution is -2.49. The van der Waals surface area contributed by atoms with Gasteiger partial charge in [0.25, 0.3) is 0 Å². The van der Waals surface area contributed by atoms with Gasteiger partial charge in [-0.3, -0.25) is 9.88 Å². The van der Waals surface area contributed by atoms with Crippen molar-refractivity contribution in [2.24, 2.45) is 0 Å². The van der Waals surface area contributed by atoms with Crippen LogP contribution in [-0.4, -0.2) is 35.6 Å². The molecule has 1 atom stereocenters. The van der Waals surface area contributed by atoms with Gasteiger partial charge in [0, 0.05) is 44.1 Å². The van der Waals surface area contributed by atoms with Crippen molar-refractivity contribution in [2.75, 3.05) is 19.6 Å². The van der Waals surface area contributed by atoms with Crippen LogP contribution in [0.5, 0.6) is 0 Å². The molecule has 0 saturated carbocycles.